The molecule has 1 saturated carbocycles. The van der Waals surface area contributed by atoms with Crippen LogP contribution in [-0.2, 0) is 19.2 Å². The van der Waals surface area contributed by atoms with E-state index in [1.165, 1.54) is 12.4 Å². The number of anilines is 1. The van der Waals surface area contributed by atoms with E-state index in [1.807, 2.05) is 12.1 Å². The van der Waals surface area contributed by atoms with Gasteiger partial charge in [-0.3, -0.25) is 9.59 Å². The van der Waals surface area contributed by atoms with E-state index >= 15 is 0 Å². The molecule has 2 atom stereocenters. The van der Waals surface area contributed by atoms with Gasteiger partial charge in [0.05, 0.1) is 13.2 Å². The Morgan fingerprint density at radius 2 is 1.95 bits per heavy atom. The van der Waals surface area contributed by atoms with Gasteiger partial charge in [-0.1, -0.05) is 6.07 Å². The molecule has 1 saturated heterocycles. The predicted octanol–water partition coefficient (Wildman–Crippen LogP) is 3.40. The Morgan fingerprint density at radius 1 is 1.19 bits per heavy atom. The second-order valence-corrected chi connectivity index (χ2v) is 8.99. The van der Waals surface area contributed by atoms with Gasteiger partial charge in [-0.2, -0.15) is 13.2 Å². The van der Waals surface area contributed by atoms with Crippen LogP contribution in [0.3, 0.4) is 0 Å². The minimum Gasteiger partial charge on any atom is -0.493 e. The van der Waals surface area contributed by atoms with E-state index in [0.717, 1.165) is 31.2 Å². The number of hydrogen-bond acceptors (Lipinski definition) is 7. The van der Waals surface area contributed by atoms with E-state index in [-0.39, 0.29) is 23.5 Å². The van der Waals surface area contributed by atoms with Crippen molar-refractivity contribution in [2.24, 2.45) is 5.92 Å². The highest BCUT2D eigenvalue weighted by atomic mass is 19.4. The number of methoxy groups -OCH3 is 1. The third-order valence-electron chi connectivity index (χ3n) is 6.45. The van der Waals surface area contributed by atoms with Crippen molar-refractivity contribution in [3.8, 4) is 11.5 Å². The fourth-order valence-corrected chi connectivity index (χ4v) is 4.57. The predicted molar refractivity (Wildman–Crippen MR) is 123 cm³/mol. The Labute approximate surface area is 210 Å². The van der Waals surface area contributed by atoms with Crippen LogP contribution in [0.1, 0.15) is 50.0 Å². The highest BCUT2D eigenvalue weighted by Crippen LogP contribution is 2.37. The Balaban J connectivity index is 1.48. The highest BCUT2D eigenvalue weighted by molar-refractivity contribution is 5.95. The number of rotatable bonds is 7. The minimum atomic E-state index is -5.33. The van der Waals surface area contributed by atoms with Crippen LogP contribution >= 0.6 is 0 Å². The molecule has 0 radical (unpaired) electrons. The molecule has 2 aromatic rings. The molecule has 10 nitrogen and oxygen atoms in total. The van der Waals surface area contributed by atoms with Gasteiger partial charge in [-0.25, -0.2) is 9.78 Å². The number of imidazole rings is 1. The Morgan fingerprint density at radius 3 is 2.59 bits per heavy atom. The van der Waals surface area contributed by atoms with Crippen molar-refractivity contribution in [3.05, 3.63) is 36.2 Å². The maximum Gasteiger partial charge on any atom is 0.493 e. The number of aromatic nitrogens is 2. The highest BCUT2D eigenvalue weighted by Gasteiger charge is 2.44. The molecule has 2 aliphatic rings. The van der Waals surface area contributed by atoms with Crippen molar-refractivity contribution in [2.45, 2.75) is 56.7 Å². The summed E-state index contributed by atoms with van der Waals surface area (Å²) in [5.74, 6) is -4.36. The largest absolute Gasteiger partial charge is 0.493 e. The third kappa shape index (κ3) is 6.33. The first-order valence-electron chi connectivity index (χ1n) is 11.9. The van der Waals surface area contributed by atoms with E-state index in [1.54, 1.807) is 13.2 Å². The molecule has 2 heterocycles. The molecule has 2 fully saturated rings. The van der Waals surface area contributed by atoms with Gasteiger partial charge in [0, 0.05) is 37.2 Å². The first kappa shape index (κ1) is 26.3. The topological polar surface area (TPSA) is 123 Å². The lowest BCUT2D eigenvalue weighted by atomic mass is 9.83. The number of piperidine rings is 1. The SMILES string of the molecule is COc1ccc([C@H]2CNC(=O)[C@H](CC(=O)N(OC(=O)C(F)(F)F)c3ncc[nH]3)C2)cc1OC1CCCC1. The van der Waals surface area contributed by atoms with Crippen molar-refractivity contribution in [1.82, 2.24) is 15.3 Å². The van der Waals surface area contributed by atoms with Gasteiger partial charge in [0.15, 0.2) is 11.5 Å². The minimum absolute atomic E-state index is 0.104. The first-order chi connectivity index (χ1) is 17.7. The summed E-state index contributed by atoms with van der Waals surface area (Å²) < 4.78 is 49.9. The molecule has 0 spiro atoms. The molecule has 4 rings (SSSR count). The van der Waals surface area contributed by atoms with Gasteiger partial charge in [0.2, 0.25) is 11.9 Å². The van der Waals surface area contributed by atoms with Gasteiger partial charge in [-0.05, 0) is 49.8 Å². The number of nitrogens with zero attached hydrogens (tertiary/aromatic N) is 2. The molecular weight excluding hydrogens is 497 g/mol. The number of carbonyl (C=O) groups is 3. The van der Waals surface area contributed by atoms with Gasteiger partial charge in [0.1, 0.15) is 0 Å². The molecule has 1 aromatic heterocycles. The Kier molecular flexibility index (Phi) is 7.89. The summed E-state index contributed by atoms with van der Waals surface area (Å²) in [6.07, 6.45) is 1.06. The Hall–Kier alpha value is -3.77. The summed E-state index contributed by atoms with van der Waals surface area (Å²) in [7, 11) is 1.55. The van der Waals surface area contributed by atoms with E-state index < -0.39 is 42.2 Å². The van der Waals surface area contributed by atoms with Crippen LogP contribution in [0.4, 0.5) is 19.1 Å². The number of hydroxylamine groups is 1. The fraction of sp³-hybridized carbons (Fsp3) is 0.500. The summed E-state index contributed by atoms with van der Waals surface area (Å²) >= 11 is 0. The second kappa shape index (κ2) is 11.1. The zero-order chi connectivity index (χ0) is 26.6. The normalized spacial score (nSPS) is 20.3. The van der Waals surface area contributed by atoms with Crippen LogP contribution in [0.2, 0.25) is 0 Å². The van der Waals surface area contributed by atoms with Crippen LogP contribution in [0, 0.1) is 5.92 Å². The van der Waals surface area contributed by atoms with Crippen LogP contribution in [0.15, 0.2) is 30.6 Å². The lowest BCUT2D eigenvalue weighted by Crippen LogP contribution is -2.45. The standard InChI is InChI=1S/C24H27F3N4O6/c1-35-18-7-6-14(11-19(18)36-17-4-2-3-5-17)16-10-15(21(33)30-13-16)12-20(32)31(23-28-8-9-29-23)37-22(34)24(25,26)27/h6-9,11,15-17H,2-5,10,12-13H2,1H3,(H,28,29)(H,30,33)/t15-,16+/m0/s1. The molecule has 1 aliphatic carbocycles. The van der Waals surface area contributed by atoms with E-state index in [0.29, 0.717) is 18.0 Å². The Bertz CT molecular complexity index is 1120. The maximum atomic E-state index is 12.9. The lowest BCUT2D eigenvalue weighted by molar-refractivity contribution is -0.202. The molecule has 0 unspecified atom stereocenters. The summed E-state index contributed by atoms with van der Waals surface area (Å²) in [5, 5.41) is 2.89. The number of nitrogens with one attached hydrogen (secondary N) is 2. The second-order valence-electron chi connectivity index (χ2n) is 8.99. The fourth-order valence-electron chi connectivity index (χ4n) is 4.57. The summed E-state index contributed by atoms with van der Waals surface area (Å²) in [6, 6.07) is 5.49. The quantitative estimate of drug-likeness (QED) is 0.532. The van der Waals surface area contributed by atoms with Crippen molar-refractivity contribution < 1.29 is 41.9 Å². The van der Waals surface area contributed by atoms with Gasteiger partial charge >= 0.3 is 12.1 Å². The van der Waals surface area contributed by atoms with E-state index in [4.69, 9.17) is 9.47 Å². The summed E-state index contributed by atoms with van der Waals surface area (Å²) in [5.41, 5.74) is 0.859. The van der Waals surface area contributed by atoms with Crippen molar-refractivity contribution in [2.75, 3.05) is 18.7 Å². The van der Waals surface area contributed by atoms with Crippen molar-refractivity contribution >= 4 is 23.7 Å². The molecule has 0 bridgehead atoms. The lowest BCUT2D eigenvalue weighted by Gasteiger charge is -2.30. The number of ether oxygens (including phenoxy) is 2. The number of alkyl halides is 3. The van der Waals surface area contributed by atoms with Crippen molar-refractivity contribution in [3.63, 3.8) is 0 Å². The van der Waals surface area contributed by atoms with Crippen LogP contribution in [0.5, 0.6) is 11.5 Å². The maximum absolute atomic E-state index is 12.9. The number of carbonyl (C=O) groups excluding carboxylic acids is 3. The van der Waals surface area contributed by atoms with Gasteiger partial charge < -0.3 is 24.6 Å². The van der Waals surface area contributed by atoms with Crippen molar-refractivity contribution in [1.29, 1.82) is 0 Å². The molecule has 37 heavy (non-hydrogen) atoms. The zero-order valence-electron chi connectivity index (χ0n) is 20.0. The molecule has 2 amide bonds. The van der Waals surface area contributed by atoms with Crippen LogP contribution in [-0.4, -0.2) is 53.7 Å². The number of H-pyrrole nitrogens is 1. The molecule has 2 N–H and O–H groups in total. The molecule has 1 aliphatic heterocycles. The molecule has 1 aromatic carbocycles. The third-order valence-corrected chi connectivity index (χ3v) is 6.45. The summed E-state index contributed by atoms with van der Waals surface area (Å²) in [4.78, 5) is 47.2. The summed E-state index contributed by atoms with van der Waals surface area (Å²) in [6.45, 7) is 0.309. The first-order valence-corrected chi connectivity index (χ1v) is 11.9. The van der Waals surface area contributed by atoms with E-state index in [2.05, 4.69) is 20.1 Å². The van der Waals surface area contributed by atoms with Gasteiger partial charge in [0.25, 0.3) is 5.91 Å². The monoisotopic (exact) mass is 524 g/mol. The average molecular weight is 524 g/mol. The molecule has 13 heteroatoms. The number of benzene rings is 1. The zero-order valence-corrected chi connectivity index (χ0v) is 20.0. The number of hydrogen-bond donors (Lipinski definition) is 2. The number of halogens is 3. The molecule has 200 valence electrons. The average Bonchev–Trinajstić information content (AvgIpc) is 3.58. The molecular formula is C24H27F3N4O6. The van der Waals surface area contributed by atoms with Gasteiger partial charge in [-0.15, -0.1) is 5.06 Å². The smallest absolute Gasteiger partial charge is 0.493 e. The van der Waals surface area contributed by atoms with Crippen LogP contribution in [0.25, 0.3) is 0 Å². The number of amides is 2. The number of aromatic amines is 1. The van der Waals surface area contributed by atoms with E-state index in [9.17, 15) is 27.6 Å². The van der Waals surface area contributed by atoms with Crippen LogP contribution < -0.4 is 19.9 Å².